The molecule has 18 heavy (non-hydrogen) atoms. The molecule has 3 heteroatoms. The Bertz CT molecular complexity index is 507. The molecule has 0 amide bonds. The second kappa shape index (κ2) is 6.05. The molecule has 2 aromatic rings. The standard InChI is InChI=1S/C15H13F2N/c16-15(17)14(13-9-5-2-6-10-13)18-11-12-7-3-1-4-8-12/h1-10,15H,11H2. The Morgan fingerprint density at radius 1 is 0.889 bits per heavy atom. The van der Waals surface area contributed by atoms with Gasteiger partial charge >= 0.3 is 0 Å². The number of rotatable bonds is 4. The average molecular weight is 245 g/mol. The Balaban J connectivity index is 2.21. The Morgan fingerprint density at radius 2 is 1.44 bits per heavy atom. The zero-order chi connectivity index (χ0) is 12.8. The molecule has 0 aliphatic carbocycles. The second-order valence-corrected chi connectivity index (χ2v) is 3.85. The molecule has 0 radical (unpaired) electrons. The van der Waals surface area contributed by atoms with E-state index < -0.39 is 6.43 Å². The van der Waals surface area contributed by atoms with E-state index in [4.69, 9.17) is 0 Å². The SMILES string of the molecule is FC(F)C(=NCc1ccccc1)c1ccccc1. The van der Waals surface area contributed by atoms with Gasteiger partial charge in [-0.05, 0) is 5.56 Å². The third kappa shape index (κ3) is 3.23. The first-order chi connectivity index (χ1) is 8.77. The first-order valence-electron chi connectivity index (χ1n) is 5.69. The maximum atomic E-state index is 13.0. The molecule has 0 atom stereocenters. The van der Waals surface area contributed by atoms with Gasteiger partial charge in [-0.1, -0.05) is 60.7 Å². The topological polar surface area (TPSA) is 12.4 Å². The number of aliphatic imine (C=N–C) groups is 1. The van der Waals surface area contributed by atoms with E-state index in [1.54, 1.807) is 30.3 Å². The van der Waals surface area contributed by atoms with Gasteiger partial charge in [0.15, 0.2) is 0 Å². The number of halogens is 2. The molecule has 2 aromatic carbocycles. The van der Waals surface area contributed by atoms with Crippen molar-refractivity contribution in [1.82, 2.24) is 0 Å². The van der Waals surface area contributed by atoms with E-state index in [1.807, 2.05) is 30.3 Å². The van der Waals surface area contributed by atoms with Crippen LogP contribution >= 0.6 is 0 Å². The quantitative estimate of drug-likeness (QED) is 0.723. The molecule has 0 bridgehead atoms. The highest BCUT2D eigenvalue weighted by Crippen LogP contribution is 2.11. The molecule has 2 rings (SSSR count). The number of hydrogen-bond donors (Lipinski definition) is 0. The minimum absolute atomic E-state index is 0.153. The van der Waals surface area contributed by atoms with Crippen LogP contribution in [0.15, 0.2) is 65.7 Å². The van der Waals surface area contributed by atoms with Gasteiger partial charge in [-0.2, -0.15) is 0 Å². The molecule has 0 aromatic heterocycles. The van der Waals surface area contributed by atoms with Crippen LogP contribution in [0.3, 0.4) is 0 Å². The van der Waals surface area contributed by atoms with E-state index >= 15 is 0 Å². The van der Waals surface area contributed by atoms with Gasteiger partial charge in [0.1, 0.15) is 5.71 Å². The van der Waals surface area contributed by atoms with Crippen molar-refractivity contribution >= 4 is 5.71 Å². The van der Waals surface area contributed by atoms with Crippen LogP contribution < -0.4 is 0 Å². The first kappa shape index (κ1) is 12.4. The molecule has 0 heterocycles. The van der Waals surface area contributed by atoms with Crippen LogP contribution in [0.1, 0.15) is 11.1 Å². The number of benzene rings is 2. The van der Waals surface area contributed by atoms with Gasteiger partial charge in [-0.3, -0.25) is 4.99 Å². The molecule has 0 spiro atoms. The highest BCUT2D eigenvalue weighted by molar-refractivity contribution is 6.02. The van der Waals surface area contributed by atoms with Crippen LogP contribution in [0.25, 0.3) is 0 Å². The fourth-order valence-corrected chi connectivity index (χ4v) is 1.66. The van der Waals surface area contributed by atoms with Crippen LogP contribution in [0.4, 0.5) is 8.78 Å². The highest BCUT2D eigenvalue weighted by atomic mass is 19.3. The van der Waals surface area contributed by atoms with Crippen molar-refractivity contribution in [2.75, 3.05) is 0 Å². The van der Waals surface area contributed by atoms with Gasteiger partial charge < -0.3 is 0 Å². The van der Waals surface area contributed by atoms with Crippen molar-refractivity contribution in [3.05, 3.63) is 71.8 Å². The van der Waals surface area contributed by atoms with Gasteiger partial charge in [-0.15, -0.1) is 0 Å². The summed E-state index contributed by atoms with van der Waals surface area (Å²) in [4.78, 5) is 4.03. The minimum atomic E-state index is -2.56. The molecule has 92 valence electrons. The summed E-state index contributed by atoms with van der Waals surface area (Å²) in [6, 6.07) is 17.9. The number of hydrogen-bond acceptors (Lipinski definition) is 1. The van der Waals surface area contributed by atoms with Gasteiger partial charge in [0.2, 0.25) is 0 Å². The lowest BCUT2D eigenvalue weighted by atomic mass is 10.1. The molecule has 0 aliphatic rings. The number of alkyl halides is 2. The summed E-state index contributed by atoms with van der Waals surface area (Å²) in [5, 5.41) is 0. The van der Waals surface area contributed by atoms with E-state index in [0.29, 0.717) is 5.56 Å². The molecule has 0 aliphatic heterocycles. The molecule has 0 unspecified atom stereocenters. The van der Waals surface area contributed by atoms with Gasteiger partial charge in [-0.25, -0.2) is 8.78 Å². The van der Waals surface area contributed by atoms with Crippen molar-refractivity contribution < 1.29 is 8.78 Å². The van der Waals surface area contributed by atoms with E-state index in [9.17, 15) is 8.78 Å². The van der Waals surface area contributed by atoms with Crippen LogP contribution in [0, 0.1) is 0 Å². The summed E-state index contributed by atoms with van der Waals surface area (Å²) >= 11 is 0. The maximum absolute atomic E-state index is 13.0. The lowest BCUT2D eigenvalue weighted by molar-refractivity contribution is 0.226. The van der Waals surface area contributed by atoms with E-state index in [1.165, 1.54) is 0 Å². The molecular weight excluding hydrogens is 232 g/mol. The van der Waals surface area contributed by atoms with Crippen LogP contribution in [0.2, 0.25) is 0 Å². The van der Waals surface area contributed by atoms with Crippen molar-refractivity contribution in [1.29, 1.82) is 0 Å². The lowest BCUT2D eigenvalue weighted by Crippen LogP contribution is -2.12. The Hall–Kier alpha value is -2.03. The summed E-state index contributed by atoms with van der Waals surface area (Å²) in [7, 11) is 0. The normalized spacial score (nSPS) is 11.8. The van der Waals surface area contributed by atoms with Gasteiger partial charge in [0.05, 0.1) is 6.54 Å². The van der Waals surface area contributed by atoms with Crippen LogP contribution in [0.5, 0.6) is 0 Å². The predicted molar refractivity (Wildman–Crippen MR) is 69.1 cm³/mol. The summed E-state index contributed by atoms with van der Waals surface area (Å²) in [6.07, 6.45) is -2.56. The van der Waals surface area contributed by atoms with E-state index in [2.05, 4.69) is 4.99 Å². The predicted octanol–water partition coefficient (Wildman–Crippen LogP) is 3.94. The average Bonchev–Trinajstić information content (AvgIpc) is 2.41. The summed E-state index contributed by atoms with van der Waals surface area (Å²) in [5.41, 5.74) is 1.24. The molecular formula is C15H13F2N. The molecule has 1 nitrogen and oxygen atoms in total. The maximum Gasteiger partial charge on any atom is 0.280 e. The number of nitrogens with zero attached hydrogens (tertiary/aromatic N) is 1. The van der Waals surface area contributed by atoms with E-state index in [0.717, 1.165) is 5.56 Å². The van der Waals surface area contributed by atoms with Gasteiger partial charge in [0.25, 0.3) is 6.43 Å². The van der Waals surface area contributed by atoms with Crippen molar-refractivity contribution in [2.45, 2.75) is 13.0 Å². The van der Waals surface area contributed by atoms with Crippen LogP contribution in [-0.4, -0.2) is 12.1 Å². The largest absolute Gasteiger partial charge is 0.280 e. The lowest BCUT2D eigenvalue weighted by Gasteiger charge is -2.05. The summed E-state index contributed by atoms with van der Waals surface area (Å²) in [5.74, 6) is 0. The Kier molecular flexibility index (Phi) is 4.18. The molecule has 0 saturated carbocycles. The van der Waals surface area contributed by atoms with Crippen molar-refractivity contribution in [3.8, 4) is 0 Å². The van der Waals surface area contributed by atoms with Crippen molar-refractivity contribution in [3.63, 3.8) is 0 Å². The molecule has 0 fully saturated rings. The Labute approximate surface area is 105 Å². The summed E-state index contributed by atoms with van der Waals surface area (Å²) in [6.45, 7) is 0.273. The van der Waals surface area contributed by atoms with Crippen LogP contribution in [-0.2, 0) is 6.54 Å². The molecule has 0 saturated heterocycles. The third-order valence-corrected chi connectivity index (χ3v) is 2.55. The fraction of sp³-hybridized carbons (Fsp3) is 0.133. The minimum Gasteiger partial charge on any atom is -0.278 e. The summed E-state index contributed by atoms with van der Waals surface area (Å²) < 4.78 is 25.9. The monoisotopic (exact) mass is 245 g/mol. The first-order valence-corrected chi connectivity index (χ1v) is 5.69. The zero-order valence-corrected chi connectivity index (χ0v) is 9.76. The highest BCUT2D eigenvalue weighted by Gasteiger charge is 2.14. The molecule has 0 N–H and O–H groups in total. The Morgan fingerprint density at radius 3 is 2.00 bits per heavy atom. The van der Waals surface area contributed by atoms with Crippen molar-refractivity contribution in [2.24, 2.45) is 4.99 Å². The second-order valence-electron chi connectivity index (χ2n) is 3.85. The van der Waals surface area contributed by atoms with Gasteiger partial charge in [0, 0.05) is 5.56 Å². The fourth-order valence-electron chi connectivity index (χ4n) is 1.66. The smallest absolute Gasteiger partial charge is 0.278 e. The zero-order valence-electron chi connectivity index (χ0n) is 9.76. The third-order valence-electron chi connectivity index (χ3n) is 2.55. The van der Waals surface area contributed by atoms with E-state index in [-0.39, 0.29) is 12.3 Å².